The van der Waals surface area contributed by atoms with Crippen molar-refractivity contribution in [1.29, 1.82) is 0 Å². The molecule has 7 heteroatoms. The van der Waals surface area contributed by atoms with E-state index in [1.807, 2.05) is 19.1 Å². The largest absolute Gasteiger partial charge is 0.507 e. The van der Waals surface area contributed by atoms with Crippen molar-refractivity contribution < 1.29 is 24.5 Å². The Bertz CT molecular complexity index is 1270. The molecule has 0 saturated carbocycles. The van der Waals surface area contributed by atoms with Crippen LogP contribution in [0.3, 0.4) is 0 Å². The number of hydrogen-bond donors (Lipinski definition) is 2. The van der Waals surface area contributed by atoms with Crippen LogP contribution in [0.15, 0.2) is 72.3 Å². The number of nitrogens with zero attached hydrogens (tertiary/aromatic N) is 1. The number of aliphatic hydroxyl groups excluding tert-OH is 1. The molecule has 3 aromatic carbocycles. The van der Waals surface area contributed by atoms with E-state index in [9.17, 15) is 19.8 Å². The summed E-state index contributed by atoms with van der Waals surface area (Å²) in [4.78, 5) is 27.6. The van der Waals surface area contributed by atoms with Crippen molar-refractivity contribution in [1.82, 2.24) is 0 Å². The fourth-order valence-corrected chi connectivity index (χ4v) is 4.09. The molecule has 0 spiro atoms. The van der Waals surface area contributed by atoms with Crippen LogP contribution in [0.25, 0.3) is 5.76 Å². The maximum atomic E-state index is 13.2. The van der Waals surface area contributed by atoms with Gasteiger partial charge < -0.3 is 14.9 Å². The SMILES string of the molecule is COc1cc(/C(O)=C2\C(=O)C(=O)N(c3ccccc3O)C2c2ccccc2C)ccc1Cl. The Labute approximate surface area is 189 Å². The molecule has 6 nitrogen and oxygen atoms in total. The zero-order valence-electron chi connectivity index (χ0n) is 17.4. The number of ketones is 1. The van der Waals surface area contributed by atoms with E-state index >= 15 is 0 Å². The molecule has 1 heterocycles. The number of phenols is 1. The normalized spacial score (nSPS) is 17.6. The van der Waals surface area contributed by atoms with E-state index in [0.717, 1.165) is 5.56 Å². The summed E-state index contributed by atoms with van der Waals surface area (Å²) in [6.07, 6.45) is 0. The second-order valence-corrected chi connectivity index (χ2v) is 7.77. The number of carbonyl (C=O) groups is 2. The van der Waals surface area contributed by atoms with Gasteiger partial charge >= 0.3 is 0 Å². The number of aromatic hydroxyl groups is 1. The van der Waals surface area contributed by atoms with E-state index in [1.165, 1.54) is 30.2 Å². The molecule has 162 valence electrons. The number of phenolic OH excluding ortho intramolecular Hbond substituents is 1. The highest BCUT2D eigenvalue weighted by Crippen LogP contribution is 2.45. The van der Waals surface area contributed by atoms with Crippen molar-refractivity contribution in [2.45, 2.75) is 13.0 Å². The number of Topliss-reactive ketones (excluding diaryl/α,β-unsaturated/α-hetero) is 1. The van der Waals surface area contributed by atoms with Crippen molar-refractivity contribution in [2.75, 3.05) is 12.0 Å². The third-order valence-electron chi connectivity index (χ3n) is 5.49. The number of ether oxygens (including phenoxy) is 1. The zero-order chi connectivity index (χ0) is 23.0. The number of amides is 1. The van der Waals surface area contributed by atoms with Crippen LogP contribution < -0.4 is 9.64 Å². The Kier molecular flexibility index (Phi) is 5.63. The monoisotopic (exact) mass is 449 g/mol. The fourth-order valence-electron chi connectivity index (χ4n) is 3.90. The minimum atomic E-state index is -0.939. The lowest BCUT2D eigenvalue weighted by molar-refractivity contribution is -0.132. The van der Waals surface area contributed by atoms with Crippen LogP contribution in [0.5, 0.6) is 11.5 Å². The molecular weight excluding hydrogens is 430 g/mol. The average molecular weight is 450 g/mol. The van der Waals surface area contributed by atoms with Crippen LogP contribution in [0.2, 0.25) is 5.02 Å². The van der Waals surface area contributed by atoms with Gasteiger partial charge in [-0.1, -0.05) is 48.0 Å². The van der Waals surface area contributed by atoms with Gasteiger partial charge in [0.05, 0.1) is 29.4 Å². The van der Waals surface area contributed by atoms with E-state index in [2.05, 4.69) is 0 Å². The van der Waals surface area contributed by atoms with E-state index in [0.29, 0.717) is 16.3 Å². The third kappa shape index (κ3) is 3.48. The molecule has 0 radical (unpaired) electrons. The minimum absolute atomic E-state index is 0.0862. The molecule has 0 aromatic heterocycles. The standard InChI is InChI=1S/C25H20ClNO5/c1-14-7-3-4-8-16(14)22-21(23(29)15-11-12-17(26)20(13-15)32-2)24(30)25(31)27(22)18-9-5-6-10-19(18)28/h3-13,22,28-29H,1-2H3/b23-21+. The highest BCUT2D eigenvalue weighted by molar-refractivity contribution is 6.52. The quantitative estimate of drug-likeness (QED) is 0.333. The van der Waals surface area contributed by atoms with E-state index in [4.69, 9.17) is 16.3 Å². The Morgan fingerprint density at radius 3 is 2.41 bits per heavy atom. The lowest BCUT2D eigenvalue weighted by Crippen LogP contribution is -2.29. The topological polar surface area (TPSA) is 87.1 Å². The lowest BCUT2D eigenvalue weighted by Gasteiger charge is -2.27. The van der Waals surface area contributed by atoms with Gasteiger partial charge in [0, 0.05) is 5.56 Å². The smallest absolute Gasteiger partial charge is 0.300 e. The number of aryl methyl sites for hydroxylation is 1. The molecule has 1 unspecified atom stereocenters. The summed E-state index contributed by atoms with van der Waals surface area (Å²) >= 11 is 6.10. The van der Waals surface area contributed by atoms with Gasteiger partial charge in [0.15, 0.2) is 0 Å². The summed E-state index contributed by atoms with van der Waals surface area (Å²) in [5, 5.41) is 22.0. The average Bonchev–Trinajstić information content (AvgIpc) is 3.04. The van der Waals surface area contributed by atoms with Crippen molar-refractivity contribution in [3.8, 4) is 11.5 Å². The van der Waals surface area contributed by atoms with Crippen LogP contribution in [0.4, 0.5) is 5.69 Å². The second kappa shape index (κ2) is 8.40. The Morgan fingerprint density at radius 1 is 1.03 bits per heavy atom. The summed E-state index contributed by atoms with van der Waals surface area (Å²) in [5.74, 6) is -1.89. The first kappa shape index (κ1) is 21.5. The van der Waals surface area contributed by atoms with Crippen LogP contribution in [0, 0.1) is 6.92 Å². The summed E-state index contributed by atoms with van der Waals surface area (Å²) in [6, 6.07) is 17.2. The molecule has 1 saturated heterocycles. The highest BCUT2D eigenvalue weighted by atomic mass is 35.5. The van der Waals surface area contributed by atoms with Crippen LogP contribution in [-0.4, -0.2) is 29.0 Å². The van der Waals surface area contributed by atoms with Gasteiger partial charge in [0.25, 0.3) is 11.7 Å². The molecular formula is C25H20ClNO5. The van der Waals surface area contributed by atoms with E-state index < -0.39 is 17.7 Å². The van der Waals surface area contributed by atoms with Gasteiger partial charge in [-0.3, -0.25) is 14.5 Å². The third-order valence-corrected chi connectivity index (χ3v) is 5.81. The molecule has 1 aliphatic rings. The maximum absolute atomic E-state index is 13.2. The number of rotatable bonds is 4. The number of aliphatic hydroxyl groups is 1. The Balaban J connectivity index is 2.00. The molecule has 1 fully saturated rings. The maximum Gasteiger partial charge on any atom is 0.300 e. The molecule has 1 amide bonds. The zero-order valence-corrected chi connectivity index (χ0v) is 18.1. The summed E-state index contributed by atoms with van der Waals surface area (Å²) in [5.41, 5.74) is 1.84. The highest BCUT2D eigenvalue weighted by Gasteiger charge is 2.48. The molecule has 32 heavy (non-hydrogen) atoms. The Hall–Kier alpha value is -3.77. The molecule has 0 bridgehead atoms. The molecule has 1 atom stereocenters. The number of para-hydroxylation sites is 2. The van der Waals surface area contributed by atoms with Gasteiger partial charge in [-0.05, 0) is 48.4 Å². The van der Waals surface area contributed by atoms with E-state index in [1.54, 1.807) is 36.4 Å². The molecule has 4 rings (SSSR count). The first-order valence-corrected chi connectivity index (χ1v) is 10.2. The summed E-state index contributed by atoms with van der Waals surface area (Å²) < 4.78 is 5.22. The summed E-state index contributed by atoms with van der Waals surface area (Å²) in [6.45, 7) is 1.85. The van der Waals surface area contributed by atoms with Gasteiger partial charge in [-0.2, -0.15) is 0 Å². The molecule has 0 aliphatic carbocycles. The first-order chi connectivity index (χ1) is 15.3. The van der Waals surface area contributed by atoms with Crippen molar-refractivity contribution in [3.63, 3.8) is 0 Å². The fraction of sp³-hybridized carbons (Fsp3) is 0.120. The van der Waals surface area contributed by atoms with Gasteiger partial charge in [0.1, 0.15) is 17.3 Å². The van der Waals surface area contributed by atoms with Crippen LogP contribution in [-0.2, 0) is 9.59 Å². The predicted molar refractivity (Wildman–Crippen MR) is 122 cm³/mol. The first-order valence-electron chi connectivity index (χ1n) is 9.83. The number of halogens is 1. The van der Waals surface area contributed by atoms with Gasteiger partial charge in [-0.15, -0.1) is 0 Å². The second-order valence-electron chi connectivity index (χ2n) is 7.36. The van der Waals surface area contributed by atoms with Gasteiger partial charge in [-0.25, -0.2) is 0 Å². The molecule has 1 aliphatic heterocycles. The molecule has 3 aromatic rings. The van der Waals surface area contributed by atoms with Gasteiger partial charge in [0.2, 0.25) is 0 Å². The number of carbonyl (C=O) groups excluding carboxylic acids is 2. The number of methoxy groups -OCH3 is 1. The Morgan fingerprint density at radius 2 is 1.72 bits per heavy atom. The summed E-state index contributed by atoms with van der Waals surface area (Å²) in [7, 11) is 1.44. The number of hydrogen-bond acceptors (Lipinski definition) is 5. The van der Waals surface area contributed by atoms with Crippen LogP contribution in [0.1, 0.15) is 22.7 Å². The predicted octanol–water partition coefficient (Wildman–Crippen LogP) is 4.99. The minimum Gasteiger partial charge on any atom is -0.507 e. The number of benzene rings is 3. The van der Waals surface area contributed by atoms with E-state index in [-0.39, 0.29) is 28.3 Å². The van der Waals surface area contributed by atoms with Crippen molar-refractivity contribution in [3.05, 3.63) is 94.0 Å². The lowest BCUT2D eigenvalue weighted by atomic mass is 9.92. The molecule has 2 N–H and O–H groups in total. The number of anilines is 1. The van der Waals surface area contributed by atoms with Crippen molar-refractivity contribution >= 4 is 34.7 Å². The van der Waals surface area contributed by atoms with Crippen LogP contribution >= 0.6 is 11.6 Å². The van der Waals surface area contributed by atoms with Crippen molar-refractivity contribution in [2.24, 2.45) is 0 Å².